The molecule has 1 aliphatic rings. The van der Waals surface area contributed by atoms with Crippen LogP contribution >= 0.6 is 11.3 Å². The minimum Gasteiger partial charge on any atom is -0.344 e. The lowest BCUT2D eigenvalue weighted by Gasteiger charge is -2.23. The Morgan fingerprint density at radius 2 is 2.37 bits per heavy atom. The Hall–Kier alpha value is -1.43. The number of hydrogen-bond donors (Lipinski definition) is 1. The van der Waals surface area contributed by atoms with Crippen LogP contribution in [0.4, 0.5) is 0 Å². The van der Waals surface area contributed by atoms with E-state index in [0.29, 0.717) is 25.9 Å². The van der Waals surface area contributed by atoms with E-state index in [1.807, 2.05) is 12.3 Å². The van der Waals surface area contributed by atoms with Crippen molar-refractivity contribution >= 4 is 23.2 Å². The Kier molecular flexibility index (Phi) is 4.90. The van der Waals surface area contributed by atoms with Gasteiger partial charge in [-0.3, -0.25) is 9.59 Å². The Morgan fingerprint density at radius 1 is 1.53 bits per heavy atom. The molecular formula is C13H19N3O2S. The minimum absolute atomic E-state index is 0.0245. The molecule has 6 heteroatoms. The predicted octanol–water partition coefficient (Wildman–Crippen LogP) is 1.20. The smallest absolute Gasteiger partial charge is 0.245 e. The highest BCUT2D eigenvalue weighted by atomic mass is 32.1. The normalized spacial score (nSPS) is 20.3. The Labute approximate surface area is 117 Å². The lowest BCUT2D eigenvalue weighted by atomic mass is 10.1. The maximum Gasteiger partial charge on any atom is 0.245 e. The molecule has 1 aromatic heterocycles. The average Bonchev–Trinajstić information content (AvgIpc) is 2.86. The van der Waals surface area contributed by atoms with Crippen molar-refractivity contribution in [3.8, 4) is 0 Å². The summed E-state index contributed by atoms with van der Waals surface area (Å²) in [4.78, 5) is 29.9. The summed E-state index contributed by atoms with van der Waals surface area (Å²) in [7, 11) is 0. The van der Waals surface area contributed by atoms with Crippen LogP contribution in [0.25, 0.3) is 0 Å². The van der Waals surface area contributed by atoms with E-state index in [1.165, 1.54) is 0 Å². The monoisotopic (exact) mass is 281 g/mol. The van der Waals surface area contributed by atoms with Crippen molar-refractivity contribution in [2.24, 2.45) is 0 Å². The fourth-order valence-electron chi connectivity index (χ4n) is 2.21. The number of thiazole rings is 1. The first-order valence-electron chi connectivity index (χ1n) is 6.67. The van der Waals surface area contributed by atoms with Crippen LogP contribution in [0.3, 0.4) is 0 Å². The molecule has 0 aromatic carbocycles. The summed E-state index contributed by atoms with van der Waals surface area (Å²) >= 11 is 1.60. The zero-order valence-corrected chi connectivity index (χ0v) is 11.9. The van der Waals surface area contributed by atoms with Gasteiger partial charge in [0.1, 0.15) is 6.04 Å². The molecule has 1 fully saturated rings. The van der Waals surface area contributed by atoms with Gasteiger partial charge in [-0.2, -0.15) is 0 Å². The molecule has 0 bridgehead atoms. The molecule has 1 aliphatic heterocycles. The highest BCUT2D eigenvalue weighted by Gasteiger charge is 2.28. The van der Waals surface area contributed by atoms with Crippen LogP contribution in [0, 0.1) is 0 Å². The first-order valence-corrected chi connectivity index (χ1v) is 7.55. The van der Waals surface area contributed by atoms with Crippen molar-refractivity contribution in [3.05, 3.63) is 16.6 Å². The molecule has 0 spiro atoms. The molecule has 1 saturated heterocycles. The Balaban J connectivity index is 1.97. The molecule has 1 unspecified atom stereocenters. The van der Waals surface area contributed by atoms with Crippen molar-refractivity contribution in [2.75, 3.05) is 13.1 Å². The molecule has 5 nitrogen and oxygen atoms in total. The van der Waals surface area contributed by atoms with Crippen molar-refractivity contribution in [1.29, 1.82) is 0 Å². The highest BCUT2D eigenvalue weighted by Crippen LogP contribution is 2.11. The molecule has 19 heavy (non-hydrogen) atoms. The van der Waals surface area contributed by atoms with Gasteiger partial charge in [-0.25, -0.2) is 4.98 Å². The number of carbonyl (C=O) groups is 2. The van der Waals surface area contributed by atoms with Crippen molar-refractivity contribution in [3.63, 3.8) is 0 Å². The molecule has 2 amide bonds. The third-order valence-corrected chi connectivity index (χ3v) is 4.05. The fourth-order valence-corrected chi connectivity index (χ4v) is 2.82. The topological polar surface area (TPSA) is 62.3 Å². The van der Waals surface area contributed by atoms with Gasteiger partial charge >= 0.3 is 0 Å². The first-order chi connectivity index (χ1) is 9.20. The van der Waals surface area contributed by atoms with Gasteiger partial charge in [-0.1, -0.05) is 13.3 Å². The van der Waals surface area contributed by atoms with E-state index in [0.717, 1.165) is 17.8 Å². The van der Waals surface area contributed by atoms with Crippen LogP contribution in [-0.2, 0) is 16.0 Å². The lowest BCUT2D eigenvalue weighted by Crippen LogP contribution is -2.45. The quantitative estimate of drug-likeness (QED) is 0.882. The zero-order valence-electron chi connectivity index (χ0n) is 11.1. The van der Waals surface area contributed by atoms with Crippen molar-refractivity contribution in [1.82, 2.24) is 15.2 Å². The van der Waals surface area contributed by atoms with Gasteiger partial charge in [0.25, 0.3) is 0 Å². The number of amides is 2. The van der Waals surface area contributed by atoms with Crippen LogP contribution in [-0.4, -0.2) is 40.8 Å². The standard InChI is InChI=1S/C13H19N3O2S/c1-2-3-10-13(18)16(7-4-11(17)15-10)8-5-12-14-6-9-19-12/h6,9-10H,2-5,7-8H2,1H3,(H,15,17). The third kappa shape index (κ3) is 3.76. The van der Waals surface area contributed by atoms with E-state index < -0.39 is 0 Å². The second-order valence-electron chi connectivity index (χ2n) is 4.66. The second kappa shape index (κ2) is 6.65. The van der Waals surface area contributed by atoms with Crippen LogP contribution in [0.2, 0.25) is 0 Å². The number of rotatable bonds is 5. The maximum atomic E-state index is 12.3. The summed E-state index contributed by atoms with van der Waals surface area (Å²) in [6, 6.07) is -0.351. The highest BCUT2D eigenvalue weighted by molar-refractivity contribution is 7.09. The number of hydrogen-bond acceptors (Lipinski definition) is 4. The second-order valence-corrected chi connectivity index (χ2v) is 5.64. The number of carbonyl (C=O) groups excluding carboxylic acids is 2. The molecule has 1 N–H and O–H groups in total. The van der Waals surface area contributed by atoms with E-state index in [9.17, 15) is 9.59 Å². The molecular weight excluding hydrogens is 262 g/mol. The molecule has 1 aromatic rings. The van der Waals surface area contributed by atoms with E-state index in [-0.39, 0.29) is 17.9 Å². The van der Waals surface area contributed by atoms with Gasteiger partial charge in [-0.05, 0) is 6.42 Å². The third-order valence-electron chi connectivity index (χ3n) is 3.21. The van der Waals surface area contributed by atoms with E-state index in [1.54, 1.807) is 22.4 Å². The van der Waals surface area contributed by atoms with Crippen molar-refractivity contribution < 1.29 is 9.59 Å². The summed E-state index contributed by atoms with van der Waals surface area (Å²) in [5.41, 5.74) is 0. The summed E-state index contributed by atoms with van der Waals surface area (Å²) in [5.74, 6) is 0.0211. The zero-order chi connectivity index (χ0) is 13.7. The number of nitrogens with one attached hydrogen (secondary N) is 1. The van der Waals surface area contributed by atoms with E-state index in [2.05, 4.69) is 10.3 Å². The van der Waals surface area contributed by atoms with Gasteiger partial charge in [0.15, 0.2) is 0 Å². The van der Waals surface area contributed by atoms with Gasteiger partial charge in [-0.15, -0.1) is 11.3 Å². The van der Waals surface area contributed by atoms with E-state index >= 15 is 0 Å². The van der Waals surface area contributed by atoms with Crippen molar-refractivity contribution in [2.45, 2.75) is 38.6 Å². The summed E-state index contributed by atoms with van der Waals surface area (Å²) in [6.45, 7) is 3.17. The molecule has 104 valence electrons. The summed E-state index contributed by atoms with van der Waals surface area (Å²) in [6.07, 6.45) is 4.52. The number of nitrogens with zero attached hydrogens (tertiary/aromatic N) is 2. The molecule has 2 rings (SSSR count). The van der Waals surface area contributed by atoms with Gasteiger partial charge < -0.3 is 10.2 Å². The average molecular weight is 281 g/mol. The number of aromatic nitrogens is 1. The Morgan fingerprint density at radius 3 is 3.05 bits per heavy atom. The first kappa shape index (κ1) is 14.0. The predicted molar refractivity (Wildman–Crippen MR) is 73.9 cm³/mol. The SMILES string of the molecule is CCCC1NC(=O)CCN(CCc2nccs2)C1=O. The molecule has 2 heterocycles. The summed E-state index contributed by atoms with van der Waals surface area (Å²) in [5, 5.41) is 5.78. The fraction of sp³-hybridized carbons (Fsp3) is 0.615. The van der Waals surface area contributed by atoms with Gasteiger partial charge in [0.05, 0.1) is 5.01 Å². The van der Waals surface area contributed by atoms with E-state index in [4.69, 9.17) is 0 Å². The molecule has 0 radical (unpaired) electrons. The lowest BCUT2D eigenvalue weighted by molar-refractivity contribution is -0.133. The van der Waals surface area contributed by atoms with Crippen LogP contribution in [0.1, 0.15) is 31.2 Å². The minimum atomic E-state index is -0.351. The molecule has 0 aliphatic carbocycles. The summed E-state index contributed by atoms with van der Waals surface area (Å²) < 4.78 is 0. The van der Waals surface area contributed by atoms with Crippen LogP contribution in [0.15, 0.2) is 11.6 Å². The Bertz CT molecular complexity index is 433. The molecule has 1 atom stereocenters. The maximum absolute atomic E-state index is 12.3. The van der Waals surface area contributed by atoms with Crippen LogP contribution < -0.4 is 5.32 Å². The van der Waals surface area contributed by atoms with Gasteiger partial charge in [0.2, 0.25) is 11.8 Å². The van der Waals surface area contributed by atoms with Crippen LogP contribution in [0.5, 0.6) is 0 Å². The van der Waals surface area contributed by atoms with Gasteiger partial charge in [0, 0.05) is 37.5 Å². The molecule has 0 saturated carbocycles. The largest absolute Gasteiger partial charge is 0.344 e.